The lowest BCUT2D eigenvalue weighted by atomic mass is 9.87. The fraction of sp³-hybridized carbons (Fsp3) is 0.304. The highest BCUT2D eigenvalue weighted by Gasteiger charge is 2.34. The third kappa shape index (κ3) is 5.25. The van der Waals surface area contributed by atoms with Crippen LogP contribution in [0.3, 0.4) is 0 Å². The lowest BCUT2D eigenvalue weighted by Gasteiger charge is -2.19. The van der Waals surface area contributed by atoms with Crippen LogP contribution in [0.1, 0.15) is 38.8 Å². The number of hydrogen-bond donors (Lipinski definition) is 1. The van der Waals surface area contributed by atoms with Crippen LogP contribution in [0.25, 0.3) is 11.0 Å². The average Bonchev–Trinajstić information content (AvgIpc) is 2.66. The van der Waals surface area contributed by atoms with E-state index in [2.05, 4.69) is 26.1 Å². The van der Waals surface area contributed by atoms with E-state index in [-0.39, 0.29) is 22.1 Å². The Morgan fingerprint density at radius 2 is 1.68 bits per heavy atom. The molecule has 8 heteroatoms. The van der Waals surface area contributed by atoms with Gasteiger partial charge in [-0.1, -0.05) is 32.9 Å². The lowest BCUT2D eigenvalue weighted by Crippen LogP contribution is -2.30. The van der Waals surface area contributed by atoms with Gasteiger partial charge in [0, 0.05) is 23.2 Å². The Labute approximate surface area is 176 Å². The Balaban J connectivity index is 1.76. The molecule has 0 fully saturated rings. The number of alkyl halides is 3. The maximum absolute atomic E-state index is 13.1. The number of carbonyl (C=O) groups excluding carboxylic acids is 1. The van der Waals surface area contributed by atoms with Gasteiger partial charge in [0.2, 0.25) is 0 Å². The number of benzene rings is 2. The minimum Gasteiger partial charge on any atom is -0.481 e. The Morgan fingerprint density at radius 3 is 2.26 bits per heavy atom. The van der Waals surface area contributed by atoms with Crippen LogP contribution in [0.5, 0.6) is 5.75 Å². The molecule has 0 saturated heterocycles. The molecule has 0 unspecified atom stereocenters. The molecular formula is C23H22F3NO4. The molecule has 0 aliphatic carbocycles. The topological polar surface area (TPSA) is 68.5 Å². The van der Waals surface area contributed by atoms with Crippen LogP contribution >= 0.6 is 0 Å². The van der Waals surface area contributed by atoms with E-state index in [4.69, 9.17) is 9.15 Å². The number of rotatable bonds is 4. The molecule has 1 heterocycles. The van der Waals surface area contributed by atoms with Crippen LogP contribution in [0.15, 0.2) is 57.7 Å². The van der Waals surface area contributed by atoms with E-state index in [0.29, 0.717) is 11.8 Å². The molecule has 2 aromatic carbocycles. The van der Waals surface area contributed by atoms with E-state index >= 15 is 0 Å². The van der Waals surface area contributed by atoms with Gasteiger partial charge in [-0.05, 0) is 42.2 Å². The molecule has 3 rings (SSSR count). The molecule has 31 heavy (non-hydrogen) atoms. The van der Waals surface area contributed by atoms with Gasteiger partial charge in [0.25, 0.3) is 5.91 Å². The Bertz CT molecular complexity index is 1160. The van der Waals surface area contributed by atoms with E-state index in [1.165, 1.54) is 13.0 Å². The molecule has 3 aromatic rings. The SMILES string of the molecule is C[C@@H](Oc1ccc2c(C(F)(F)F)cc(=O)oc2c1)C(=O)Nc1ccc(C(C)(C)C)cc1. The second kappa shape index (κ2) is 8.09. The minimum atomic E-state index is -4.70. The van der Waals surface area contributed by atoms with Gasteiger partial charge in [0.15, 0.2) is 6.10 Å². The molecule has 1 aromatic heterocycles. The number of nitrogens with one attached hydrogen (secondary N) is 1. The zero-order chi connectivity index (χ0) is 23.0. The third-order valence-electron chi connectivity index (χ3n) is 4.72. The van der Waals surface area contributed by atoms with Crippen molar-refractivity contribution >= 4 is 22.6 Å². The second-order valence-corrected chi connectivity index (χ2v) is 8.21. The standard InChI is InChI=1S/C23H22F3NO4/c1-13(21(29)27-15-7-5-14(6-8-15)22(2,3)4)30-16-9-10-17-18(23(24,25)26)12-20(28)31-19(17)11-16/h5-13H,1-4H3,(H,27,29)/t13-/m1/s1. The van der Waals surface area contributed by atoms with Crippen LogP contribution < -0.4 is 15.7 Å². The van der Waals surface area contributed by atoms with E-state index < -0.39 is 29.4 Å². The third-order valence-corrected chi connectivity index (χ3v) is 4.72. The van der Waals surface area contributed by atoms with Gasteiger partial charge in [-0.15, -0.1) is 0 Å². The van der Waals surface area contributed by atoms with Crippen LogP contribution in [0.4, 0.5) is 18.9 Å². The highest BCUT2D eigenvalue weighted by atomic mass is 19.4. The summed E-state index contributed by atoms with van der Waals surface area (Å²) in [5, 5.41) is 2.46. The van der Waals surface area contributed by atoms with Crippen LogP contribution in [0.2, 0.25) is 0 Å². The summed E-state index contributed by atoms with van der Waals surface area (Å²) in [5.41, 5.74) is -0.798. The number of hydrogen-bond acceptors (Lipinski definition) is 4. The zero-order valence-corrected chi connectivity index (χ0v) is 17.5. The summed E-state index contributed by atoms with van der Waals surface area (Å²) in [6.07, 6.45) is -5.65. The maximum Gasteiger partial charge on any atom is 0.417 e. The number of carbonyl (C=O) groups is 1. The molecule has 1 N–H and O–H groups in total. The Morgan fingerprint density at radius 1 is 1.03 bits per heavy atom. The van der Waals surface area contributed by atoms with Crippen LogP contribution in [-0.4, -0.2) is 12.0 Å². The number of anilines is 1. The summed E-state index contributed by atoms with van der Waals surface area (Å²) in [6, 6.07) is 11.4. The monoisotopic (exact) mass is 433 g/mol. The first kappa shape index (κ1) is 22.4. The van der Waals surface area contributed by atoms with Gasteiger partial charge >= 0.3 is 11.8 Å². The molecule has 164 valence electrons. The molecule has 1 atom stereocenters. The van der Waals surface area contributed by atoms with Crippen molar-refractivity contribution in [2.45, 2.75) is 45.4 Å². The molecule has 0 spiro atoms. The highest BCUT2D eigenvalue weighted by Crippen LogP contribution is 2.35. The van der Waals surface area contributed by atoms with E-state index in [1.807, 2.05) is 12.1 Å². The highest BCUT2D eigenvalue weighted by molar-refractivity contribution is 5.94. The molecule has 0 radical (unpaired) electrons. The van der Waals surface area contributed by atoms with Gasteiger partial charge in [-0.2, -0.15) is 13.2 Å². The van der Waals surface area contributed by atoms with Gasteiger partial charge < -0.3 is 14.5 Å². The number of amides is 1. The summed E-state index contributed by atoms with van der Waals surface area (Å²) in [5.74, 6) is -0.338. The predicted octanol–water partition coefficient (Wildman–Crippen LogP) is 5.52. The first-order chi connectivity index (χ1) is 14.3. The zero-order valence-electron chi connectivity index (χ0n) is 17.5. The quantitative estimate of drug-likeness (QED) is 0.551. The molecule has 5 nitrogen and oxygen atoms in total. The van der Waals surface area contributed by atoms with Crippen molar-refractivity contribution in [2.24, 2.45) is 0 Å². The fourth-order valence-electron chi connectivity index (χ4n) is 3.01. The first-order valence-electron chi connectivity index (χ1n) is 9.58. The molecule has 0 aliphatic rings. The fourth-order valence-corrected chi connectivity index (χ4v) is 3.01. The molecule has 0 saturated carbocycles. The molecule has 0 bridgehead atoms. The molecule has 0 aliphatic heterocycles. The van der Waals surface area contributed by atoms with E-state index in [1.54, 1.807) is 12.1 Å². The number of halogens is 3. The van der Waals surface area contributed by atoms with Crippen molar-refractivity contribution in [1.29, 1.82) is 0 Å². The largest absolute Gasteiger partial charge is 0.481 e. The summed E-state index contributed by atoms with van der Waals surface area (Å²) in [6.45, 7) is 7.75. The van der Waals surface area contributed by atoms with Gasteiger partial charge in [-0.3, -0.25) is 4.79 Å². The summed E-state index contributed by atoms with van der Waals surface area (Å²) in [4.78, 5) is 24.0. The Hall–Kier alpha value is -3.29. The summed E-state index contributed by atoms with van der Waals surface area (Å²) >= 11 is 0. The lowest BCUT2D eigenvalue weighted by molar-refractivity contribution is -0.136. The predicted molar refractivity (Wildman–Crippen MR) is 111 cm³/mol. The molecular weight excluding hydrogens is 411 g/mol. The average molecular weight is 433 g/mol. The van der Waals surface area contributed by atoms with Gasteiger partial charge in [0.05, 0.1) is 5.56 Å². The van der Waals surface area contributed by atoms with Crippen molar-refractivity contribution in [3.05, 3.63) is 70.1 Å². The normalized spacial score (nSPS) is 13.1. The van der Waals surface area contributed by atoms with Gasteiger partial charge in [-0.25, -0.2) is 4.79 Å². The molecule has 1 amide bonds. The van der Waals surface area contributed by atoms with Crippen molar-refractivity contribution in [3.8, 4) is 5.75 Å². The first-order valence-corrected chi connectivity index (χ1v) is 9.58. The maximum atomic E-state index is 13.1. The number of fused-ring (bicyclic) bond motifs is 1. The van der Waals surface area contributed by atoms with Crippen LogP contribution in [0, 0.1) is 0 Å². The second-order valence-electron chi connectivity index (χ2n) is 8.21. The van der Waals surface area contributed by atoms with Crippen molar-refractivity contribution in [1.82, 2.24) is 0 Å². The Kier molecular flexibility index (Phi) is 5.85. The van der Waals surface area contributed by atoms with E-state index in [0.717, 1.165) is 17.7 Å². The van der Waals surface area contributed by atoms with Crippen molar-refractivity contribution < 1.29 is 27.1 Å². The van der Waals surface area contributed by atoms with Gasteiger partial charge in [0.1, 0.15) is 11.3 Å². The van der Waals surface area contributed by atoms with Crippen LogP contribution in [-0.2, 0) is 16.4 Å². The number of ether oxygens (including phenoxy) is 1. The van der Waals surface area contributed by atoms with E-state index in [9.17, 15) is 22.8 Å². The summed E-state index contributed by atoms with van der Waals surface area (Å²) in [7, 11) is 0. The minimum absolute atomic E-state index is 0.0178. The van der Waals surface area contributed by atoms with Crippen molar-refractivity contribution in [2.75, 3.05) is 5.32 Å². The van der Waals surface area contributed by atoms with Crippen molar-refractivity contribution in [3.63, 3.8) is 0 Å². The smallest absolute Gasteiger partial charge is 0.417 e. The summed E-state index contributed by atoms with van der Waals surface area (Å²) < 4.78 is 49.9.